The number of carbonyl (C=O) groups excluding carboxylic acids is 1. The molecule has 1 aromatic rings. The SMILES string of the molecule is C.O=C(c1ccccn1)N1CCN2CCCC(C2)C1. The number of rotatable bonds is 1. The van der Waals surface area contributed by atoms with E-state index in [1.54, 1.807) is 12.3 Å². The Kier molecular flexibility index (Phi) is 4.53. The number of nitrogens with zero attached hydrogens (tertiary/aromatic N) is 3. The highest BCUT2D eigenvalue weighted by Crippen LogP contribution is 2.21. The number of aromatic nitrogens is 1. The molecule has 2 unspecified atom stereocenters. The maximum Gasteiger partial charge on any atom is 0.272 e. The Balaban J connectivity index is 0.00000133. The lowest BCUT2D eigenvalue weighted by Gasteiger charge is -2.29. The van der Waals surface area contributed by atoms with E-state index in [-0.39, 0.29) is 13.3 Å². The van der Waals surface area contributed by atoms with E-state index in [2.05, 4.69) is 9.88 Å². The monoisotopic (exact) mass is 261 g/mol. The third kappa shape index (κ3) is 3.13. The molecule has 3 heterocycles. The highest BCUT2D eigenvalue weighted by Gasteiger charge is 2.28. The van der Waals surface area contributed by atoms with Crippen LogP contribution in [0, 0.1) is 5.92 Å². The first-order valence-corrected chi connectivity index (χ1v) is 6.75. The summed E-state index contributed by atoms with van der Waals surface area (Å²) in [6.45, 7) is 5.10. The average Bonchev–Trinajstić information content (AvgIpc) is 2.57. The van der Waals surface area contributed by atoms with E-state index in [9.17, 15) is 4.79 Å². The Morgan fingerprint density at radius 1 is 1.21 bits per heavy atom. The zero-order valence-electron chi connectivity index (χ0n) is 10.6. The summed E-state index contributed by atoms with van der Waals surface area (Å²) < 4.78 is 0. The summed E-state index contributed by atoms with van der Waals surface area (Å²) in [7, 11) is 0. The quantitative estimate of drug-likeness (QED) is 0.774. The third-order valence-electron chi connectivity index (χ3n) is 3.94. The molecule has 0 spiro atoms. The molecule has 2 aliphatic rings. The molecule has 1 amide bonds. The maximum absolute atomic E-state index is 12.4. The van der Waals surface area contributed by atoms with E-state index in [0.29, 0.717) is 11.6 Å². The van der Waals surface area contributed by atoms with Crippen LogP contribution < -0.4 is 0 Å². The average molecular weight is 261 g/mol. The molecule has 19 heavy (non-hydrogen) atoms. The molecule has 2 fully saturated rings. The van der Waals surface area contributed by atoms with Gasteiger partial charge < -0.3 is 9.80 Å². The molecule has 0 aromatic carbocycles. The summed E-state index contributed by atoms with van der Waals surface area (Å²) >= 11 is 0. The van der Waals surface area contributed by atoms with Crippen LogP contribution >= 0.6 is 0 Å². The van der Waals surface area contributed by atoms with E-state index in [4.69, 9.17) is 0 Å². The van der Waals surface area contributed by atoms with Crippen LogP contribution in [0.15, 0.2) is 24.4 Å². The van der Waals surface area contributed by atoms with E-state index in [0.717, 1.165) is 26.2 Å². The first-order valence-electron chi connectivity index (χ1n) is 6.75. The normalized spacial score (nSPS) is 26.2. The van der Waals surface area contributed by atoms with Gasteiger partial charge in [0.25, 0.3) is 5.91 Å². The summed E-state index contributed by atoms with van der Waals surface area (Å²) in [4.78, 5) is 21.0. The predicted octanol–water partition coefficient (Wildman–Crippen LogP) is 1.89. The van der Waals surface area contributed by atoms with Crippen molar-refractivity contribution in [3.05, 3.63) is 30.1 Å². The van der Waals surface area contributed by atoms with Gasteiger partial charge >= 0.3 is 0 Å². The molecule has 3 rings (SSSR count). The van der Waals surface area contributed by atoms with Crippen LogP contribution in [0.25, 0.3) is 0 Å². The van der Waals surface area contributed by atoms with Gasteiger partial charge in [0.05, 0.1) is 0 Å². The van der Waals surface area contributed by atoms with Gasteiger partial charge in [-0.15, -0.1) is 0 Å². The lowest BCUT2D eigenvalue weighted by atomic mass is 9.98. The lowest BCUT2D eigenvalue weighted by molar-refractivity contribution is 0.0740. The van der Waals surface area contributed by atoms with Crippen molar-refractivity contribution in [2.24, 2.45) is 5.92 Å². The minimum Gasteiger partial charge on any atom is -0.336 e. The van der Waals surface area contributed by atoms with Gasteiger partial charge in [-0.25, -0.2) is 0 Å². The smallest absolute Gasteiger partial charge is 0.272 e. The van der Waals surface area contributed by atoms with Crippen LogP contribution in [0.3, 0.4) is 0 Å². The number of hydrogen-bond donors (Lipinski definition) is 0. The van der Waals surface area contributed by atoms with E-state index >= 15 is 0 Å². The molecule has 4 heteroatoms. The molecule has 0 aliphatic carbocycles. The lowest BCUT2D eigenvalue weighted by Crippen LogP contribution is -2.36. The summed E-state index contributed by atoms with van der Waals surface area (Å²) in [5.41, 5.74) is 0.573. The van der Waals surface area contributed by atoms with Gasteiger partial charge in [0, 0.05) is 32.4 Å². The van der Waals surface area contributed by atoms with Crippen molar-refractivity contribution in [3.8, 4) is 0 Å². The highest BCUT2D eigenvalue weighted by molar-refractivity contribution is 5.92. The van der Waals surface area contributed by atoms with Gasteiger partial charge in [-0.2, -0.15) is 0 Å². The van der Waals surface area contributed by atoms with Crippen molar-refractivity contribution in [2.75, 3.05) is 32.7 Å². The van der Waals surface area contributed by atoms with Crippen LogP contribution in [0.2, 0.25) is 0 Å². The minimum atomic E-state index is 0. The van der Waals surface area contributed by atoms with Crippen molar-refractivity contribution >= 4 is 5.91 Å². The fourth-order valence-corrected chi connectivity index (χ4v) is 3.00. The van der Waals surface area contributed by atoms with Crippen LogP contribution in [0.4, 0.5) is 0 Å². The molecule has 1 aromatic heterocycles. The van der Waals surface area contributed by atoms with Gasteiger partial charge in [-0.3, -0.25) is 9.78 Å². The van der Waals surface area contributed by atoms with Crippen molar-refractivity contribution in [3.63, 3.8) is 0 Å². The summed E-state index contributed by atoms with van der Waals surface area (Å²) in [6, 6.07) is 5.53. The number of hydrogen-bond acceptors (Lipinski definition) is 3. The van der Waals surface area contributed by atoms with Gasteiger partial charge in [0.1, 0.15) is 5.69 Å². The summed E-state index contributed by atoms with van der Waals surface area (Å²) in [5, 5.41) is 0. The zero-order valence-corrected chi connectivity index (χ0v) is 10.6. The fraction of sp³-hybridized carbons (Fsp3) is 0.600. The number of amides is 1. The molecule has 104 valence electrons. The van der Waals surface area contributed by atoms with Gasteiger partial charge in [0.15, 0.2) is 0 Å². The zero-order chi connectivity index (χ0) is 12.4. The fourth-order valence-electron chi connectivity index (χ4n) is 3.00. The summed E-state index contributed by atoms with van der Waals surface area (Å²) in [6.07, 6.45) is 4.21. The first-order chi connectivity index (χ1) is 8.83. The summed E-state index contributed by atoms with van der Waals surface area (Å²) in [5.74, 6) is 0.735. The molecule has 2 aliphatic heterocycles. The second-order valence-electron chi connectivity index (χ2n) is 5.28. The largest absolute Gasteiger partial charge is 0.336 e. The van der Waals surface area contributed by atoms with E-state index < -0.39 is 0 Å². The predicted molar refractivity (Wildman–Crippen MR) is 76.0 cm³/mol. The first kappa shape index (κ1) is 14.0. The molecule has 0 radical (unpaired) electrons. The van der Waals surface area contributed by atoms with Crippen LogP contribution in [0.1, 0.15) is 30.8 Å². The van der Waals surface area contributed by atoms with E-state index in [1.807, 2.05) is 17.0 Å². The molecule has 0 N–H and O–H groups in total. The Labute approximate surface area is 115 Å². The third-order valence-corrected chi connectivity index (χ3v) is 3.94. The number of piperidine rings is 1. The Bertz CT molecular complexity index is 421. The highest BCUT2D eigenvalue weighted by atomic mass is 16.2. The van der Waals surface area contributed by atoms with Gasteiger partial charge in [-0.1, -0.05) is 13.5 Å². The molecule has 4 nitrogen and oxygen atoms in total. The van der Waals surface area contributed by atoms with Gasteiger partial charge in [0.2, 0.25) is 0 Å². The van der Waals surface area contributed by atoms with Crippen molar-refractivity contribution in [1.29, 1.82) is 0 Å². The molecule has 2 bridgehead atoms. The van der Waals surface area contributed by atoms with Crippen molar-refractivity contribution in [2.45, 2.75) is 20.3 Å². The van der Waals surface area contributed by atoms with Crippen molar-refractivity contribution < 1.29 is 4.79 Å². The molecule has 0 saturated carbocycles. The number of fused-ring (bicyclic) bond motifs is 2. The topological polar surface area (TPSA) is 36.4 Å². The number of pyridine rings is 1. The Morgan fingerprint density at radius 3 is 2.89 bits per heavy atom. The molecule has 2 saturated heterocycles. The number of carbonyl (C=O) groups is 1. The van der Waals surface area contributed by atoms with Gasteiger partial charge in [-0.05, 0) is 37.4 Å². The maximum atomic E-state index is 12.4. The van der Waals surface area contributed by atoms with Crippen molar-refractivity contribution in [1.82, 2.24) is 14.8 Å². The minimum absolute atomic E-state index is 0. The second kappa shape index (κ2) is 6.15. The van der Waals surface area contributed by atoms with Crippen LogP contribution in [-0.4, -0.2) is 53.4 Å². The van der Waals surface area contributed by atoms with Crippen LogP contribution in [0.5, 0.6) is 0 Å². The molecule has 2 atom stereocenters. The Morgan fingerprint density at radius 2 is 2.11 bits per heavy atom. The van der Waals surface area contributed by atoms with Crippen LogP contribution in [-0.2, 0) is 0 Å². The molecular weight excluding hydrogens is 238 g/mol. The Hall–Kier alpha value is -1.42. The standard InChI is InChI=1S/C14H19N3O.CH4/c18-14(13-5-1-2-6-15-13)17-9-8-16-7-3-4-12(10-16)11-17;/h1-2,5-6,12H,3-4,7-11H2;1H4. The second-order valence-corrected chi connectivity index (χ2v) is 5.28. The molecular formula is C15H23N3O. The van der Waals surface area contributed by atoms with E-state index in [1.165, 1.54) is 19.4 Å².